The molecule has 0 spiro atoms. The first-order valence-electron chi connectivity index (χ1n) is 7.51. The molecule has 6 nitrogen and oxygen atoms in total. The van der Waals surface area contributed by atoms with E-state index in [-0.39, 0.29) is 5.91 Å². The van der Waals surface area contributed by atoms with Gasteiger partial charge in [0, 0.05) is 31.2 Å². The van der Waals surface area contributed by atoms with Gasteiger partial charge in [-0.3, -0.25) is 9.69 Å². The smallest absolute Gasteiger partial charge is 0.335 e. The van der Waals surface area contributed by atoms with Gasteiger partial charge in [-0.25, -0.2) is 4.79 Å². The van der Waals surface area contributed by atoms with Crippen molar-refractivity contribution in [3.05, 3.63) is 34.4 Å². The van der Waals surface area contributed by atoms with Gasteiger partial charge in [0.1, 0.15) is 6.26 Å². The molecule has 1 unspecified atom stereocenters. The first-order chi connectivity index (χ1) is 10.1. The minimum Gasteiger partial charge on any atom is -0.430 e. The predicted octanol–water partition coefficient (Wildman–Crippen LogP) is 0.277. The summed E-state index contributed by atoms with van der Waals surface area (Å²) in [5.74, 6) is -0.0602. The van der Waals surface area contributed by atoms with E-state index >= 15 is 0 Å². The van der Waals surface area contributed by atoms with E-state index in [0.29, 0.717) is 17.6 Å². The second-order valence-corrected chi connectivity index (χ2v) is 5.91. The zero-order chi connectivity index (χ0) is 14.8. The lowest BCUT2D eigenvalue weighted by Crippen LogP contribution is -2.46. The number of carbonyl (C=O) groups is 1. The molecule has 2 fully saturated rings. The first kappa shape index (κ1) is 14.3. The van der Waals surface area contributed by atoms with Gasteiger partial charge in [-0.05, 0) is 38.4 Å². The lowest BCUT2D eigenvalue weighted by Gasteiger charge is -2.34. The van der Waals surface area contributed by atoms with Crippen LogP contribution in [0.4, 0.5) is 0 Å². The van der Waals surface area contributed by atoms with Crippen molar-refractivity contribution in [2.45, 2.75) is 31.3 Å². The molecule has 1 aromatic heterocycles. The fourth-order valence-corrected chi connectivity index (χ4v) is 3.17. The van der Waals surface area contributed by atoms with Crippen molar-refractivity contribution < 1.29 is 9.21 Å². The predicted molar refractivity (Wildman–Crippen MR) is 78.1 cm³/mol. The van der Waals surface area contributed by atoms with E-state index in [1.807, 2.05) is 4.90 Å². The molecule has 1 aromatic rings. The molecule has 2 aliphatic rings. The fraction of sp³-hybridized carbons (Fsp3) is 0.600. The number of likely N-dealkylation sites (tertiary alicyclic amines) is 2. The van der Waals surface area contributed by atoms with Crippen molar-refractivity contribution in [1.82, 2.24) is 9.80 Å². The Labute approximate surface area is 123 Å². The maximum absolute atomic E-state index is 12.4. The van der Waals surface area contributed by atoms with Crippen LogP contribution in [0.5, 0.6) is 0 Å². The van der Waals surface area contributed by atoms with Gasteiger partial charge in [-0.15, -0.1) is 0 Å². The van der Waals surface area contributed by atoms with E-state index in [4.69, 9.17) is 10.2 Å². The van der Waals surface area contributed by atoms with E-state index in [0.717, 1.165) is 45.4 Å². The molecular formula is C15H21N3O3. The van der Waals surface area contributed by atoms with Crippen molar-refractivity contribution in [2.75, 3.05) is 26.2 Å². The summed E-state index contributed by atoms with van der Waals surface area (Å²) in [5, 5.41) is 0. The second kappa shape index (κ2) is 5.99. The molecule has 2 N–H and O–H groups in total. The number of hydrogen-bond donors (Lipinski definition) is 1. The number of carbonyl (C=O) groups excluding carboxylic acids is 1. The highest BCUT2D eigenvalue weighted by molar-refractivity contribution is 5.93. The standard InChI is InChI=1S/C15H21N3O3/c16-12-3-6-17(7-4-12)13-5-8-18(9-13)15(20)11-1-2-14(19)21-10-11/h1-2,10,12-13H,3-9,16H2. The first-order valence-corrected chi connectivity index (χ1v) is 7.51. The van der Waals surface area contributed by atoms with Gasteiger partial charge in [0.25, 0.3) is 5.91 Å². The quantitative estimate of drug-likeness (QED) is 0.846. The van der Waals surface area contributed by atoms with Crippen LogP contribution in [0.2, 0.25) is 0 Å². The van der Waals surface area contributed by atoms with Crippen molar-refractivity contribution in [3.8, 4) is 0 Å². The molecule has 2 aliphatic heterocycles. The monoisotopic (exact) mass is 291 g/mol. The fourth-order valence-electron chi connectivity index (χ4n) is 3.17. The topological polar surface area (TPSA) is 79.8 Å². The minimum absolute atomic E-state index is 0.0602. The Kier molecular flexibility index (Phi) is 4.07. The highest BCUT2D eigenvalue weighted by Crippen LogP contribution is 2.21. The summed E-state index contributed by atoms with van der Waals surface area (Å²) in [6, 6.07) is 3.57. The number of nitrogens with zero attached hydrogens (tertiary/aromatic N) is 2. The lowest BCUT2D eigenvalue weighted by molar-refractivity contribution is 0.0766. The molecule has 3 heterocycles. The zero-order valence-corrected chi connectivity index (χ0v) is 12.0. The number of rotatable bonds is 2. The van der Waals surface area contributed by atoms with Gasteiger partial charge in [-0.2, -0.15) is 0 Å². The lowest BCUT2D eigenvalue weighted by atomic mass is 10.0. The Morgan fingerprint density at radius 1 is 1.19 bits per heavy atom. The molecule has 1 amide bonds. The van der Waals surface area contributed by atoms with Gasteiger partial charge in [0.15, 0.2) is 0 Å². The summed E-state index contributed by atoms with van der Waals surface area (Å²) in [6.07, 6.45) is 4.32. The van der Waals surface area contributed by atoms with Crippen LogP contribution in [0.3, 0.4) is 0 Å². The largest absolute Gasteiger partial charge is 0.430 e. The van der Waals surface area contributed by atoms with E-state index < -0.39 is 5.63 Å². The Bertz CT molecular complexity index is 543. The Hall–Kier alpha value is -1.66. The Balaban J connectivity index is 1.60. The summed E-state index contributed by atoms with van der Waals surface area (Å²) in [5.41, 5.74) is 5.94. The molecule has 0 aromatic carbocycles. The van der Waals surface area contributed by atoms with Crippen LogP contribution in [-0.2, 0) is 0 Å². The summed E-state index contributed by atoms with van der Waals surface area (Å²) in [6.45, 7) is 3.54. The van der Waals surface area contributed by atoms with Crippen LogP contribution in [0.15, 0.2) is 27.6 Å². The highest BCUT2D eigenvalue weighted by atomic mass is 16.4. The average molecular weight is 291 g/mol. The third-order valence-corrected chi connectivity index (χ3v) is 4.49. The second-order valence-electron chi connectivity index (χ2n) is 5.91. The molecule has 6 heteroatoms. The van der Waals surface area contributed by atoms with Crippen LogP contribution in [0.1, 0.15) is 29.6 Å². The summed E-state index contributed by atoms with van der Waals surface area (Å²) in [4.78, 5) is 27.6. The van der Waals surface area contributed by atoms with E-state index in [1.165, 1.54) is 18.4 Å². The van der Waals surface area contributed by atoms with Crippen LogP contribution >= 0.6 is 0 Å². The maximum atomic E-state index is 12.4. The number of hydrogen-bond acceptors (Lipinski definition) is 5. The van der Waals surface area contributed by atoms with E-state index in [1.54, 1.807) is 0 Å². The molecule has 3 rings (SSSR count). The Morgan fingerprint density at radius 2 is 1.95 bits per heavy atom. The van der Waals surface area contributed by atoms with Crippen LogP contribution in [0.25, 0.3) is 0 Å². The number of amides is 1. The van der Waals surface area contributed by atoms with E-state index in [2.05, 4.69) is 4.90 Å². The Morgan fingerprint density at radius 3 is 2.62 bits per heavy atom. The maximum Gasteiger partial charge on any atom is 0.335 e. The summed E-state index contributed by atoms with van der Waals surface area (Å²) < 4.78 is 4.77. The molecule has 2 saturated heterocycles. The van der Waals surface area contributed by atoms with Crippen molar-refractivity contribution in [2.24, 2.45) is 5.73 Å². The van der Waals surface area contributed by atoms with Crippen molar-refractivity contribution >= 4 is 5.91 Å². The summed E-state index contributed by atoms with van der Waals surface area (Å²) >= 11 is 0. The third kappa shape index (κ3) is 3.16. The molecule has 0 bridgehead atoms. The van der Waals surface area contributed by atoms with Crippen molar-refractivity contribution in [1.29, 1.82) is 0 Å². The van der Waals surface area contributed by atoms with Crippen LogP contribution in [0, 0.1) is 0 Å². The van der Waals surface area contributed by atoms with Gasteiger partial charge in [0.05, 0.1) is 5.56 Å². The minimum atomic E-state index is -0.435. The molecular weight excluding hydrogens is 270 g/mol. The van der Waals surface area contributed by atoms with Crippen LogP contribution in [-0.4, -0.2) is 54.0 Å². The van der Waals surface area contributed by atoms with Crippen LogP contribution < -0.4 is 11.4 Å². The SMILES string of the molecule is NC1CCN(C2CCN(C(=O)c3ccc(=O)oc3)C2)CC1. The van der Waals surface area contributed by atoms with Gasteiger partial charge in [-0.1, -0.05) is 0 Å². The molecule has 0 radical (unpaired) electrons. The molecule has 1 atom stereocenters. The number of nitrogens with two attached hydrogens (primary N) is 1. The molecule has 21 heavy (non-hydrogen) atoms. The molecule has 114 valence electrons. The van der Waals surface area contributed by atoms with Gasteiger partial charge < -0.3 is 15.1 Å². The number of piperidine rings is 1. The normalized spacial score (nSPS) is 24.4. The zero-order valence-electron chi connectivity index (χ0n) is 12.0. The third-order valence-electron chi connectivity index (χ3n) is 4.49. The van der Waals surface area contributed by atoms with E-state index in [9.17, 15) is 9.59 Å². The van der Waals surface area contributed by atoms with Crippen molar-refractivity contribution in [3.63, 3.8) is 0 Å². The van der Waals surface area contributed by atoms with Gasteiger partial charge >= 0.3 is 5.63 Å². The average Bonchev–Trinajstić information content (AvgIpc) is 2.98. The molecule has 0 aliphatic carbocycles. The highest BCUT2D eigenvalue weighted by Gasteiger charge is 2.32. The molecule has 0 saturated carbocycles. The van der Waals surface area contributed by atoms with Gasteiger partial charge in [0.2, 0.25) is 0 Å². The summed E-state index contributed by atoms with van der Waals surface area (Å²) in [7, 11) is 0.